The molecule has 1 fully saturated rings. The van der Waals surface area contributed by atoms with E-state index in [9.17, 15) is 13.2 Å². The lowest BCUT2D eigenvalue weighted by atomic mass is 10.1. The van der Waals surface area contributed by atoms with Crippen LogP contribution in [0.1, 0.15) is 17.3 Å². The number of hydrogen-bond donors (Lipinski definition) is 0. The van der Waals surface area contributed by atoms with Crippen LogP contribution in [0.4, 0.5) is 0 Å². The number of ether oxygens (including phenoxy) is 2. The van der Waals surface area contributed by atoms with Crippen molar-refractivity contribution in [2.45, 2.75) is 6.92 Å². The van der Waals surface area contributed by atoms with Crippen molar-refractivity contribution in [1.29, 1.82) is 0 Å². The third kappa shape index (κ3) is 4.22. The number of rotatable bonds is 6. The highest BCUT2D eigenvalue weighted by molar-refractivity contribution is 7.86. The van der Waals surface area contributed by atoms with E-state index in [-0.39, 0.29) is 19.0 Å². The zero-order valence-corrected chi connectivity index (χ0v) is 16.9. The lowest BCUT2D eigenvalue weighted by Gasteiger charge is -2.35. The van der Waals surface area contributed by atoms with Gasteiger partial charge in [0.05, 0.1) is 18.7 Å². The van der Waals surface area contributed by atoms with E-state index >= 15 is 0 Å². The molecule has 1 saturated heterocycles. The van der Waals surface area contributed by atoms with Crippen molar-refractivity contribution in [2.75, 3.05) is 54.0 Å². The summed E-state index contributed by atoms with van der Waals surface area (Å²) in [6, 6.07) is 3.13. The molecule has 26 heavy (non-hydrogen) atoms. The molecule has 0 saturated carbocycles. The van der Waals surface area contributed by atoms with Crippen molar-refractivity contribution in [3.05, 3.63) is 22.7 Å². The molecule has 0 aliphatic carbocycles. The van der Waals surface area contributed by atoms with Crippen molar-refractivity contribution >= 4 is 27.7 Å². The van der Waals surface area contributed by atoms with Crippen LogP contribution in [0.3, 0.4) is 0 Å². The van der Waals surface area contributed by atoms with Gasteiger partial charge in [0, 0.05) is 45.8 Å². The van der Waals surface area contributed by atoms with Crippen molar-refractivity contribution in [3.8, 4) is 11.5 Å². The second-order valence-electron chi connectivity index (χ2n) is 5.90. The normalized spacial score (nSPS) is 16.0. The Morgan fingerprint density at radius 3 is 2.35 bits per heavy atom. The van der Waals surface area contributed by atoms with Crippen molar-refractivity contribution in [2.24, 2.45) is 0 Å². The highest BCUT2D eigenvalue weighted by atomic mass is 35.5. The fraction of sp³-hybridized carbons (Fsp3) is 0.562. The fourth-order valence-electron chi connectivity index (χ4n) is 2.66. The standard InChI is InChI=1S/C16H24ClN3O5S/c1-5-25-15-13(17)10-12(11-14(15)24-4)16(21)19-6-8-20(9-7-19)26(22,23)18(2)3/h10-11H,5-9H2,1-4H3. The molecule has 10 heteroatoms. The van der Waals surface area contributed by atoms with Crippen LogP contribution >= 0.6 is 11.6 Å². The van der Waals surface area contributed by atoms with Gasteiger partial charge in [-0.3, -0.25) is 4.79 Å². The van der Waals surface area contributed by atoms with Gasteiger partial charge in [-0.15, -0.1) is 0 Å². The Bertz CT molecular complexity index is 761. The Morgan fingerprint density at radius 1 is 1.23 bits per heavy atom. The zero-order valence-electron chi connectivity index (χ0n) is 15.4. The van der Waals surface area contributed by atoms with Gasteiger partial charge in [0.15, 0.2) is 11.5 Å². The van der Waals surface area contributed by atoms with E-state index in [1.165, 1.54) is 29.8 Å². The van der Waals surface area contributed by atoms with Crippen LogP contribution in [0.5, 0.6) is 11.5 Å². The summed E-state index contributed by atoms with van der Waals surface area (Å²) >= 11 is 6.22. The van der Waals surface area contributed by atoms with Crippen molar-refractivity contribution < 1.29 is 22.7 Å². The first-order valence-corrected chi connectivity index (χ1v) is 9.97. The highest BCUT2D eigenvalue weighted by Gasteiger charge is 2.31. The molecular weight excluding hydrogens is 382 g/mol. The van der Waals surface area contributed by atoms with Gasteiger partial charge in [0.2, 0.25) is 0 Å². The number of amides is 1. The Morgan fingerprint density at radius 2 is 1.85 bits per heavy atom. The molecule has 2 rings (SSSR count). The number of carbonyl (C=O) groups excluding carboxylic acids is 1. The average molecular weight is 406 g/mol. The Labute approximate surface area is 159 Å². The number of halogens is 1. The van der Waals surface area contributed by atoms with Gasteiger partial charge in [-0.05, 0) is 19.1 Å². The SMILES string of the molecule is CCOc1c(Cl)cc(C(=O)N2CCN(S(=O)(=O)N(C)C)CC2)cc1OC. The maximum atomic E-state index is 12.8. The van der Waals surface area contributed by atoms with Crippen LogP contribution in [-0.4, -0.2) is 81.8 Å². The molecule has 0 N–H and O–H groups in total. The van der Waals surface area contributed by atoms with E-state index in [4.69, 9.17) is 21.1 Å². The van der Waals surface area contributed by atoms with Gasteiger partial charge in [-0.2, -0.15) is 17.0 Å². The smallest absolute Gasteiger partial charge is 0.281 e. The number of methoxy groups -OCH3 is 1. The molecule has 0 radical (unpaired) electrons. The summed E-state index contributed by atoms with van der Waals surface area (Å²) in [4.78, 5) is 14.4. The van der Waals surface area contributed by atoms with Gasteiger partial charge in [-0.25, -0.2) is 0 Å². The Kier molecular flexibility index (Phi) is 6.73. The third-order valence-electron chi connectivity index (χ3n) is 4.08. The molecule has 0 spiro atoms. The fourth-order valence-corrected chi connectivity index (χ4v) is 4.02. The number of piperazine rings is 1. The summed E-state index contributed by atoms with van der Waals surface area (Å²) in [6.07, 6.45) is 0. The molecule has 1 aliphatic rings. The molecule has 8 nitrogen and oxygen atoms in total. The largest absolute Gasteiger partial charge is 0.493 e. The number of hydrogen-bond acceptors (Lipinski definition) is 5. The molecule has 1 amide bonds. The van der Waals surface area contributed by atoms with Crippen LogP contribution in [0.15, 0.2) is 12.1 Å². The topological polar surface area (TPSA) is 79.4 Å². The number of carbonyl (C=O) groups is 1. The molecule has 0 bridgehead atoms. The van der Waals surface area contributed by atoms with Gasteiger partial charge >= 0.3 is 0 Å². The summed E-state index contributed by atoms with van der Waals surface area (Å²) in [5.41, 5.74) is 0.374. The molecule has 1 aliphatic heterocycles. The van der Waals surface area contributed by atoms with Crippen LogP contribution < -0.4 is 9.47 Å². The average Bonchev–Trinajstić information content (AvgIpc) is 2.62. The zero-order chi connectivity index (χ0) is 19.5. The summed E-state index contributed by atoms with van der Waals surface area (Å²) < 4.78 is 37.6. The van der Waals surface area contributed by atoms with E-state index in [0.29, 0.717) is 41.8 Å². The minimum Gasteiger partial charge on any atom is -0.493 e. The van der Waals surface area contributed by atoms with Crippen molar-refractivity contribution in [1.82, 2.24) is 13.5 Å². The van der Waals surface area contributed by atoms with Crippen LogP contribution in [0.2, 0.25) is 5.02 Å². The summed E-state index contributed by atoms with van der Waals surface area (Å²) in [5.74, 6) is 0.557. The first-order valence-electron chi connectivity index (χ1n) is 8.19. The Hall–Kier alpha value is -1.55. The third-order valence-corrected chi connectivity index (χ3v) is 6.30. The predicted molar refractivity (Wildman–Crippen MR) is 99.3 cm³/mol. The first kappa shape index (κ1) is 20.8. The van der Waals surface area contributed by atoms with E-state index in [1.807, 2.05) is 6.92 Å². The van der Waals surface area contributed by atoms with Gasteiger partial charge in [0.25, 0.3) is 16.1 Å². The van der Waals surface area contributed by atoms with E-state index < -0.39 is 10.2 Å². The molecule has 0 unspecified atom stereocenters. The van der Waals surface area contributed by atoms with Crippen LogP contribution in [0, 0.1) is 0 Å². The summed E-state index contributed by atoms with van der Waals surface area (Å²) in [6.45, 7) is 3.35. The predicted octanol–water partition coefficient (Wildman–Crippen LogP) is 1.31. The summed E-state index contributed by atoms with van der Waals surface area (Å²) in [5, 5.41) is 0.295. The molecule has 146 valence electrons. The Balaban J connectivity index is 2.15. The maximum Gasteiger partial charge on any atom is 0.281 e. The monoisotopic (exact) mass is 405 g/mol. The molecule has 0 aromatic heterocycles. The minimum atomic E-state index is -3.47. The van der Waals surface area contributed by atoms with Crippen LogP contribution in [-0.2, 0) is 10.2 Å². The minimum absolute atomic E-state index is 0.227. The van der Waals surface area contributed by atoms with E-state index in [0.717, 1.165) is 0 Å². The number of benzene rings is 1. The lowest BCUT2D eigenvalue weighted by molar-refractivity contribution is 0.0695. The molecular formula is C16H24ClN3O5S. The highest BCUT2D eigenvalue weighted by Crippen LogP contribution is 2.36. The number of nitrogens with zero attached hydrogens (tertiary/aromatic N) is 3. The van der Waals surface area contributed by atoms with Crippen LogP contribution in [0.25, 0.3) is 0 Å². The summed E-state index contributed by atoms with van der Waals surface area (Å²) in [7, 11) is 0.982. The van der Waals surface area contributed by atoms with Gasteiger partial charge in [0.1, 0.15) is 0 Å². The van der Waals surface area contributed by atoms with Gasteiger partial charge < -0.3 is 14.4 Å². The first-order chi connectivity index (χ1) is 12.2. The second kappa shape index (κ2) is 8.43. The van der Waals surface area contributed by atoms with Gasteiger partial charge in [-0.1, -0.05) is 11.6 Å². The second-order valence-corrected chi connectivity index (χ2v) is 8.45. The molecule has 1 aromatic rings. The molecule has 0 atom stereocenters. The molecule has 1 aromatic carbocycles. The quantitative estimate of drug-likeness (QED) is 0.713. The van der Waals surface area contributed by atoms with E-state index in [1.54, 1.807) is 17.0 Å². The van der Waals surface area contributed by atoms with E-state index in [2.05, 4.69) is 0 Å². The van der Waals surface area contributed by atoms with Crippen molar-refractivity contribution in [3.63, 3.8) is 0 Å². The molecule has 1 heterocycles. The maximum absolute atomic E-state index is 12.8. The lowest BCUT2D eigenvalue weighted by Crippen LogP contribution is -2.53.